The van der Waals surface area contributed by atoms with Crippen LogP contribution in [-0.2, 0) is 4.79 Å². The summed E-state index contributed by atoms with van der Waals surface area (Å²) >= 11 is 0. The molecule has 1 aromatic heterocycles. The van der Waals surface area contributed by atoms with Crippen molar-refractivity contribution in [1.82, 2.24) is 10.3 Å². The van der Waals surface area contributed by atoms with Gasteiger partial charge in [-0.1, -0.05) is 19.4 Å². The van der Waals surface area contributed by atoms with Gasteiger partial charge in [-0.2, -0.15) is 0 Å². The molecule has 0 aliphatic carbocycles. The minimum absolute atomic E-state index is 0.00972. The lowest BCUT2D eigenvalue weighted by Crippen LogP contribution is -2.33. The first-order valence-corrected chi connectivity index (χ1v) is 6.45. The van der Waals surface area contributed by atoms with Gasteiger partial charge in [-0.15, -0.1) is 0 Å². The number of carbonyl (C=O) groups is 2. The fourth-order valence-electron chi connectivity index (χ4n) is 1.72. The normalized spacial score (nSPS) is 13.6. The predicted octanol–water partition coefficient (Wildman–Crippen LogP) is 2.09. The van der Waals surface area contributed by atoms with Crippen molar-refractivity contribution in [1.29, 1.82) is 0 Å². The summed E-state index contributed by atoms with van der Waals surface area (Å²) in [6, 6.07) is 5.19. The number of aromatic nitrogens is 1. The molecule has 0 aromatic carbocycles. The molecule has 0 spiro atoms. The quantitative estimate of drug-likeness (QED) is 0.790. The number of pyridine rings is 1. The fraction of sp³-hybridized carbons (Fsp3) is 0.500. The summed E-state index contributed by atoms with van der Waals surface area (Å²) in [6.07, 6.45) is 3.74. The van der Waals surface area contributed by atoms with Crippen molar-refractivity contribution in [3.8, 4) is 0 Å². The van der Waals surface area contributed by atoms with Crippen LogP contribution in [0.15, 0.2) is 24.4 Å². The van der Waals surface area contributed by atoms with Gasteiger partial charge in [0.2, 0.25) is 0 Å². The van der Waals surface area contributed by atoms with Gasteiger partial charge in [-0.25, -0.2) is 0 Å². The van der Waals surface area contributed by atoms with Crippen molar-refractivity contribution < 1.29 is 14.7 Å². The van der Waals surface area contributed by atoms with Crippen LogP contribution < -0.4 is 5.32 Å². The van der Waals surface area contributed by atoms with Crippen molar-refractivity contribution in [2.24, 2.45) is 5.92 Å². The number of carbonyl (C=O) groups excluding carboxylic acids is 1. The molecule has 2 N–H and O–H groups in total. The first-order valence-electron chi connectivity index (χ1n) is 6.45. The maximum atomic E-state index is 11.8. The molecule has 0 radical (unpaired) electrons. The average molecular weight is 264 g/mol. The Bertz CT molecular complexity index is 420. The van der Waals surface area contributed by atoms with Crippen molar-refractivity contribution in [2.75, 3.05) is 0 Å². The van der Waals surface area contributed by atoms with Crippen molar-refractivity contribution in [3.63, 3.8) is 0 Å². The second kappa shape index (κ2) is 7.51. The lowest BCUT2D eigenvalue weighted by Gasteiger charge is -2.14. The van der Waals surface area contributed by atoms with Crippen LogP contribution in [0.2, 0.25) is 0 Å². The standard InChI is InChI=1S/C14H20N2O3/c1-10(14(18)19)6-5-7-11(2)16-13(17)12-8-3-4-9-15-12/h3-4,8-11H,5-7H2,1-2H3,(H,16,17)(H,18,19). The molecular weight excluding hydrogens is 244 g/mol. The molecule has 104 valence electrons. The van der Waals surface area contributed by atoms with Gasteiger partial charge >= 0.3 is 5.97 Å². The van der Waals surface area contributed by atoms with E-state index in [1.165, 1.54) is 0 Å². The number of amides is 1. The number of rotatable bonds is 7. The number of aliphatic carboxylic acids is 1. The molecule has 0 saturated heterocycles. The Balaban J connectivity index is 2.30. The molecule has 1 aromatic rings. The van der Waals surface area contributed by atoms with Gasteiger partial charge in [-0.3, -0.25) is 14.6 Å². The third-order valence-electron chi connectivity index (χ3n) is 2.97. The van der Waals surface area contributed by atoms with Crippen LogP contribution in [0, 0.1) is 5.92 Å². The predicted molar refractivity (Wildman–Crippen MR) is 71.8 cm³/mol. The molecule has 5 nitrogen and oxygen atoms in total. The van der Waals surface area contributed by atoms with E-state index in [4.69, 9.17) is 5.11 Å². The maximum absolute atomic E-state index is 11.8. The van der Waals surface area contributed by atoms with E-state index in [-0.39, 0.29) is 17.9 Å². The van der Waals surface area contributed by atoms with E-state index in [2.05, 4.69) is 10.3 Å². The largest absolute Gasteiger partial charge is 0.481 e. The van der Waals surface area contributed by atoms with Gasteiger partial charge in [0.1, 0.15) is 5.69 Å². The highest BCUT2D eigenvalue weighted by atomic mass is 16.4. The van der Waals surface area contributed by atoms with E-state index in [0.29, 0.717) is 12.1 Å². The van der Waals surface area contributed by atoms with E-state index in [9.17, 15) is 9.59 Å². The SMILES string of the molecule is CC(CCCC(C)C(=O)O)NC(=O)c1ccccn1. The number of carboxylic acids is 1. The fourth-order valence-corrected chi connectivity index (χ4v) is 1.72. The van der Waals surface area contributed by atoms with Gasteiger partial charge in [0.15, 0.2) is 0 Å². The van der Waals surface area contributed by atoms with Gasteiger partial charge in [0.25, 0.3) is 5.91 Å². The van der Waals surface area contributed by atoms with Gasteiger partial charge in [0.05, 0.1) is 5.92 Å². The summed E-state index contributed by atoms with van der Waals surface area (Å²) in [5.41, 5.74) is 0.397. The molecule has 0 aliphatic rings. The molecule has 0 saturated carbocycles. The molecule has 0 bridgehead atoms. The highest BCUT2D eigenvalue weighted by molar-refractivity contribution is 5.92. The van der Waals surface area contributed by atoms with Crippen LogP contribution in [-0.4, -0.2) is 28.0 Å². The number of nitrogens with one attached hydrogen (secondary N) is 1. The summed E-state index contributed by atoms with van der Waals surface area (Å²) in [6.45, 7) is 3.60. The molecule has 2 atom stereocenters. The summed E-state index contributed by atoms with van der Waals surface area (Å²) in [7, 11) is 0. The molecule has 5 heteroatoms. The van der Waals surface area contributed by atoms with E-state index in [0.717, 1.165) is 12.8 Å². The summed E-state index contributed by atoms with van der Waals surface area (Å²) in [5, 5.41) is 11.6. The van der Waals surface area contributed by atoms with Crippen molar-refractivity contribution >= 4 is 11.9 Å². The first kappa shape index (κ1) is 15.1. The Hall–Kier alpha value is -1.91. The molecule has 2 unspecified atom stereocenters. The zero-order chi connectivity index (χ0) is 14.3. The average Bonchev–Trinajstić information content (AvgIpc) is 2.39. The smallest absolute Gasteiger partial charge is 0.306 e. The number of nitrogens with zero attached hydrogens (tertiary/aromatic N) is 1. The second-order valence-electron chi connectivity index (χ2n) is 4.76. The molecule has 1 amide bonds. The molecule has 0 aliphatic heterocycles. The molecule has 1 heterocycles. The summed E-state index contributed by atoms with van der Waals surface area (Å²) < 4.78 is 0. The zero-order valence-corrected chi connectivity index (χ0v) is 11.3. The Labute approximate surface area is 113 Å². The zero-order valence-electron chi connectivity index (χ0n) is 11.3. The van der Waals surface area contributed by atoms with Crippen LogP contribution in [0.3, 0.4) is 0 Å². The van der Waals surface area contributed by atoms with Gasteiger partial charge in [0, 0.05) is 12.2 Å². The van der Waals surface area contributed by atoms with Crippen molar-refractivity contribution in [3.05, 3.63) is 30.1 Å². The Morgan fingerprint density at radius 3 is 2.63 bits per heavy atom. The Morgan fingerprint density at radius 1 is 1.32 bits per heavy atom. The number of hydrogen-bond acceptors (Lipinski definition) is 3. The van der Waals surface area contributed by atoms with Crippen LogP contribution in [0.5, 0.6) is 0 Å². The number of hydrogen-bond donors (Lipinski definition) is 2. The van der Waals surface area contributed by atoms with E-state index in [1.54, 1.807) is 31.3 Å². The molecule has 1 rings (SSSR count). The third-order valence-corrected chi connectivity index (χ3v) is 2.97. The van der Waals surface area contributed by atoms with Crippen LogP contribution in [0.1, 0.15) is 43.6 Å². The topological polar surface area (TPSA) is 79.3 Å². The monoisotopic (exact) mass is 264 g/mol. The number of carboxylic acid groups (broad SMARTS) is 1. The Kier molecular flexibility index (Phi) is 5.99. The molecule has 0 fully saturated rings. The van der Waals surface area contributed by atoms with Gasteiger partial charge < -0.3 is 10.4 Å². The lowest BCUT2D eigenvalue weighted by molar-refractivity contribution is -0.141. The molecule has 19 heavy (non-hydrogen) atoms. The Morgan fingerprint density at radius 2 is 2.05 bits per heavy atom. The van der Waals surface area contributed by atoms with E-state index < -0.39 is 5.97 Å². The summed E-state index contributed by atoms with van der Waals surface area (Å²) in [5.74, 6) is -1.30. The molecular formula is C14H20N2O3. The summed E-state index contributed by atoms with van der Waals surface area (Å²) in [4.78, 5) is 26.4. The maximum Gasteiger partial charge on any atom is 0.306 e. The third kappa shape index (κ3) is 5.50. The van der Waals surface area contributed by atoms with Crippen LogP contribution in [0.4, 0.5) is 0 Å². The minimum atomic E-state index is -0.773. The lowest BCUT2D eigenvalue weighted by atomic mass is 10.0. The van der Waals surface area contributed by atoms with Crippen molar-refractivity contribution in [2.45, 2.75) is 39.2 Å². The first-order chi connectivity index (χ1) is 9.00. The van der Waals surface area contributed by atoms with Crippen LogP contribution >= 0.6 is 0 Å². The highest BCUT2D eigenvalue weighted by Gasteiger charge is 2.13. The minimum Gasteiger partial charge on any atom is -0.481 e. The van der Waals surface area contributed by atoms with E-state index >= 15 is 0 Å². The highest BCUT2D eigenvalue weighted by Crippen LogP contribution is 2.09. The van der Waals surface area contributed by atoms with Gasteiger partial charge in [-0.05, 0) is 31.9 Å². The van der Waals surface area contributed by atoms with Crippen LogP contribution in [0.25, 0.3) is 0 Å². The second-order valence-corrected chi connectivity index (χ2v) is 4.76. The van der Waals surface area contributed by atoms with E-state index in [1.807, 2.05) is 6.92 Å².